The van der Waals surface area contributed by atoms with Crippen molar-refractivity contribution in [2.75, 3.05) is 32.7 Å². The second-order valence-corrected chi connectivity index (χ2v) is 5.77. The fraction of sp³-hybridized carbons (Fsp3) is 0.800. The molecule has 120 valence electrons. The first-order chi connectivity index (χ1) is 9.97. The fourth-order valence-electron chi connectivity index (χ4n) is 2.33. The summed E-state index contributed by atoms with van der Waals surface area (Å²) in [5.74, 6) is 0.241. The summed E-state index contributed by atoms with van der Waals surface area (Å²) in [5, 5.41) is 3.92. The summed E-state index contributed by atoms with van der Waals surface area (Å²) in [5.41, 5.74) is 2.87. The van der Waals surface area contributed by atoms with Crippen molar-refractivity contribution >= 4 is 17.5 Å². The Morgan fingerprint density at radius 2 is 1.90 bits per heavy atom. The number of nitrogens with zero attached hydrogens (tertiary/aromatic N) is 3. The van der Waals surface area contributed by atoms with Crippen LogP contribution in [0.1, 0.15) is 40.5 Å². The van der Waals surface area contributed by atoms with E-state index in [0.717, 1.165) is 19.6 Å². The first-order valence-corrected chi connectivity index (χ1v) is 7.84. The number of hydrazone groups is 1. The zero-order valence-corrected chi connectivity index (χ0v) is 13.7. The molecule has 2 amide bonds. The summed E-state index contributed by atoms with van der Waals surface area (Å²) in [6.45, 7) is 12.7. The van der Waals surface area contributed by atoms with Gasteiger partial charge < -0.3 is 9.80 Å². The zero-order valence-electron chi connectivity index (χ0n) is 13.7. The number of likely N-dealkylation sites (N-methyl/N-ethyl adjacent to an activating group) is 1. The van der Waals surface area contributed by atoms with E-state index in [4.69, 9.17) is 0 Å². The summed E-state index contributed by atoms with van der Waals surface area (Å²) < 4.78 is 0. The number of amides is 2. The quantitative estimate of drug-likeness (QED) is 0.729. The SMILES string of the molecule is CCN(CC)CCN(CC(C)C)C(=O)C1=NNC(=O)CC1. The standard InChI is InChI=1S/C15H28N4O2/c1-5-18(6-2)9-10-19(11-12(3)4)15(21)13-7-8-14(20)17-16-13/h12H,5-11H2,1-4H3,(H,17,20). The second kappa shape index (κ2) is 8.77. The minimum Gasteiger partial charge on any atom is -0.336 e. The smallest absolute Gasteiger partial charge is 0.270 e. The van der Waals surface area contributed by atoms with Gasteiger partial charge in [0.2, 0.25) is 5.91 Å². The third-order valence-corrected chi connectivity index (χ3v) is 3.60. The van der Waals surface area contributed by atoms with Crippen LogP contribution < -0.4 is 5.43 Å². The van der Waals surface area contributed by atoms with Crippen LogP contribution in [0.25, 0.3) is 0 Å². The Balaban J connectivity index is 2.67. The van der Waals surface area contributed by atoms with Gasteiger partial charge in [-0.15, -0.1) is 0 Å². The number of carbonyl (C=O) groups is 2. The highest BCUT2D eigenvalue weighted by Gasteiger charge is 2.24. The number of carbonyl (C=O) groups excluding carboxylic acids is 2. The molecule has 0 bridgehead atoms. The number of hydrogen-bond acceptors (Lipinski definition) is 4. The average Bonchev–Trinajstić information content (AvgIpc) is 2.46. The van der Waals surface area contributed by atoms with Crippen LogP contribution in [0.5, 0.6) is 0 Å². The largest absolute Gasteiger partial charge is 0.336 e. The molecule has 0 fully saturated rings. The molecule has 0 aromatic heterocycles. The molecule has 1 aliphatic rings. The Labute approximate surface area is 127 Å². The van der Waals surface area contributed by atoms with Crippen LogP contribution in [-0.2, 0) is 9.59 Å². The summed E-state index contributed by atoms with van der Waals surface area (Å²) in [4.78, 5) is 27.8. The van der Waals surface area contributed by atoms with E-state index in [1.807, 2.05) is 4.90 Å². The molecule has 0 unspecified atom stereocenters. The third-order valence-electron chi connectivity index (χ3n) is 3.60. The second-order valence-electron chi connectivity index (χ2n) is 5.77. The van der Waals surface area contributed by atoms with Crippen molar-refractivity contribution in [2.45, 2.75) is 40.5 Å². The van der Waals surface area contributed by atoms with Gasteiger partial charge in [-0.05, 0) is 19.0 Å². The zero-order chi connectivity index (χ0) is 15.8. The molecule has 0 aromatic carbocycles. The monoisotopic (exact) mass is 296 g/mol. The van der Waals surface area contributed by atoms with Gasteiger partial charge in [-0.25, -0.2) is 5.43 Å². The topological polar surface area (TPSA) is 65.0 Å². The summed E-state index contributed by atoms with van der Waals surface area (Å²) in [6.07, 6.45) is 0.778. The molecule has 0 radical (unpaired) electrons. The number of nitrogens with one attached hydrogen (secondary N) is 1. The normalized spacial score (nSPS) is 15.1. The van der Waals surface area contributed by atoms with Crippen LogP contribution in [0.3, 0.4) is 0 Å². The Bertz CT molecular complexity index is 389. The first kappa shape index (κ1) is 17.6. The molecule has 1 heterocycles. The maximum Gasteiger partial charge on any atom is 0.270 e. The molecule has 1 rings (SSSR count). The van der Waals surface area contributed by atoms with Crippen molar-refractivity contribution in [1.82, 2.24) is 15.2 Å². The highest BCUT2D eigenvalue weighted by atomic mass is 16.2. The van der Waals surface area contributed by atoms with Crippen LogP contribution in [0.2, 0.25) is 0 Å². The van der Waals surface area contributed by atoms with Crippen LogP contribution in [0, 0.1) is 5.92 Å². The molecular formula is C15H28N4O2. The first-order valence-electron chi connectivity index (χ1n) is 7.84. The maximum atomic E-state index is 12.6. The van der Waals surface area contributed by atoms with E-state index in [9.17, 15) is 9.59 Å². The molecule has 0 aliphatic carbocycles. The van der Waals surface area contributed by atoms with Crippen molar-refractivity contribution in [1.29, 1.82) is 0 Å². The highest BCUT2D eigenvalue weighted by molar-refractivity contribution is 6.39. The van der Waals surface area contributed by atoms with E-state index in [1.54, 1.807) is 0 Å². The summed E-state index contributed by atoms with van der Waals surface area (Å²) in [7, 11) is 0. The lowest BCUT2D eigenvalue weighted by molar-refractivity contribution is -0.125. The molecule has 0 saturated heterocycles. The van der Waals surface area contributed by atoms with E-state index in [0.29, 0.717) is 37.6 Å². The Hall–Kier alpha value is -1.43. The van der Waals surface area contributed by atoms with Gasteiger partial charge in [0.1, 0.15) is 5.71 Å². The lowest BCUT2D eigenvalue weighted by atomic mass is 10.1. The molecule has 6 heteroatoms. The predicted octanol–water partition coefficient (Wildman–Crippen LogP) is 1.08. The number of rotatable bonds is 8. The van der Waals surface area contributed by atoms with Crippen molar-refractivity contribution in [3.63, 3.8) is 0 Å². The van der Waals surface area contributed by atoms with Crippen LogP contribution in [0.4, 0.5) is 0 Å². The van der Waals surface area contributed by atoms with Gasteiger partial charge in [-0.3, -0.25) is 9.59 Å². The maximum absolute atomic E-state index is 12.6. The van der Waals surface area contributed by atoms with Crippen LogP contribution in [0.15, 0.2) is 5.10 Å². The predicted molar refractivity (Wildman–Crippen MR) is 84.0 cm³/mol. The highest BCUT2D eigenvalue weighted by Crippen LogP contribution is 2.07. The minimum atomic E-state index is -0.120. The molecule has 0 spiro atoms. The molecule has 0 saturated carbocycles. The van der Waals surface area contributed by atoms with Crippen LogP contribution >= 0.6 is 0 Å². The summed E-state index contributed by atoms with van der Waals surface area (Å²) >= 11 is 0. The lowest BCUT2D eigenvalue weighted by Crippen LogP contribution is -2.45. The van der Waals surface area contributed by atoms with Crippen molar-refractivity contribution in [2.24, 2.45) is 11.0 Å². The van der Waals surface area contributed by atoms with E-state index in [2.05, 4.69) is 43.1 Å². The fourth-order valence-corrected chi connectivity index (χ4v) is 2.33. The van der Waals surface area contributed by atoms with Gasteiger partial charge in [0.05, 0.1) is 0 Å². The number of hydrogen-bond donors (Lipinski definition) is 1. The van der Waals surface area contributed by atoms with Gasteiger partial charge in [0.25, 0.3) is 5.91 Å². The Morgan fingerprint density at radius 3 is 2.38 bits per heavy atom. The molecular weight excluding hydrogens is 268 g/mol. The minimum absolute atomic E-state index is 0.0455. The van der Waals surface area contributed by atoms with Gasteiger partial charge in [0, 0.05) is 32.5 Å². The Kier molecular flexibility index (Phi) is 7.36. The third kappa shape index (κ3) is 5.83. The van der Waals surface area contributed by atoms with E-state index >= 15 is 0 Å². The van der Waals surface area contributed by atoms with E-state index in [-0.39, 0.29) is 11.8 Å². The van der Waals surface area contributed by atoms with Crippen molar-refractivity contribution in [3.8, 4) is 0 Å². The van der Waals surface area contributed by atoms with Crippen molar-refractivity contribution < 1.29 is 9.59 Å². The van der Waals surface area contributed by atoms with Crippen LogP contribution in [-0.4, -0.2) is 60.0 Å². The van der Waals surface area contributed by atoms with Crippen molar-refractivity contribution in [3.05, 3.63) is 0 Å². The molecule has 0 aromatic rings. The van der Waals surface area contributed by atoms with Gasteiger partial charge in [-0.1, -0.05) is 27.7 Å². The average molecular weight is 296 g/mol. The van der Waals surface area contributed by atoms with Gasteiger partial charge in [-0.2, -0.15) is 5.10 Å². The Morgan fingerprint density at radius 1 is 1.24 bits per heavy atom. The van der Waals surface area contributed by atoms with E-state index in [1.165, 1.54) is 0 Å². The molecule has 21 heavy (non-hydrogen) atoms. The molecule has 1 N–H and O–H groups in total. The molecule has 0 atom stereocenters. The summed E-state index contributed by atoms with van der Waals surface area (Å²) in [6, 6.07) is 0. The molecule has 1 aliphatic heterocycles. The van der Waals surface area contributed by atoms with E-state index < -0.39 is 0 Å². The lowest BCUT2D eigenvalue weighted by Gasteiger charge is -2.28. The van der Waals surface area contributed by atoms with Gasteiger partial charge >= 0.3 is 0 Å². The molecule has 6 nitrogen and oxygen atoms in total. The van der Waals surface area contributed by atoms with Gasteiger partial charge in [0.15, 0.2) is 0 Å².